The lowest BCUT2D eigenvalue weighted by molar-refractivity contribution is 0.0657. The third kappa shape index (κ3) is 2.13. The van der Waals surface area contributed by atoms with E-state index in [1.165, 1.54) is 4.90 Å². The first-order valence-electron chi connectivity index (χ1n) is 6.67. The van der Waals surface area contributed by atoms with Crippen LogP contribution in [0.4, 0.5) is 0 Å². The molecule has 3 rings (SSSR count). The molecule has 104 valence electrons. The quantitative estimate of drug-likeness (QED) is 0.772. The van der Waals surface area contributed by atoms with Gasteiger partial charge in [0.15, 0.2) is 5.96 Å². The molecule has 0 saturated heterocycles. The van der Waals surface area contributed by atoms with Crippen LogP contribution in [0.15, 0.2) is 29.3 Å². The van der Waals surface area contributed by atoms with Crippen molar-refractivity contribution in [2.75, 3.05) is 19.6 Å². The van der Waals surface area contributed by atoms with Crippen molar-refractivity contribution >= 4 is 17.8 Å². The number of amides is 2. The molecule has 2 N–H and O–H groups in total. The van der Waals surface area contributed by atoms with Crippen molar-refractivity contribution in [1.29, 1.82) is 0 Å². The molecule has 1 aromatic rings. The first-order valence-corrected chi connectivity index (χ1v) is 6.67. The van der Waals surface area contributed by atoms with E-state index in [2.05, 4.69) is 15.6 Å². The molecule has 1 aromatic carbocycles. The summed E-state index contributed by atoms with van der Waals surface area (Å²) in [5.74, 6) is 0.290. The lowest BCUT2D eigenvalue weighted by atomic mass is 10.1. The van der Waals surface area contributed by atoms with Gasteiger partial charge in [0.1, 0.15) is 0 Å². The fourth-order valence-corrected chi connectivity index (χ4v) is 2.39. The van der Waals surface area contributed by atoms with Crippen molar-refractivity contribution in [2.45, 2.75) is 13.0 Å². The van der Waals surface area contributed by atoms with Crippen molar-refractivity contribution in [2.24, 2.45) is 4.99 Å². The van der Waals surface area contributed by atoms with E-state index >= 15 is 0 Å². The minimum absolute atomic E-state index is 0.220. The van der Waals surface area contributed by atoms with Crippen LogP contribution in [-0.2, 0) is 0 Å². The highest BCUT2D eigenvalue weighted by molar-refractivity contribution is 6.21. The van der Waals surface area contributed by atoms with Gasteiger partial charge in [0.25, 0.3) is 11.8 Å². The van der Waals surface area contributed by atoms with Gasteiger partial charge in [-0.15, -0.1) is 0 Å². The molecule has 0 bridgehead atoms. The number of carbonyl (C=O) groups excluding carboxylic acids is 2. The normalized spacial score (nSPS) is 20.8. The summed E-state index contributed by atoms with van der Waals surface area (Å²) < 4.78 is 0. The van der Waals surface area contributed by atoms with Crippen LogP contribution in [0.1, 0.15) is 27.6 Å². The maximum Gasteiger partial charge on any atom is 0.261 e. The molecule has 0 radical (unpaired) electrons. The van der Waals surface area contributed by atoms with Gasteiger partial charge in [-0.1, -0.05) is 12.1 Å². The molecule has 0 spiro atoms. The highest BCUT2D eigenvalue weighted by Crippen LogP contribution is 2.21. The van der Waals surface area contributed by atoms with Gasteiger partial charge in [0.2, 0.25) is 0 Å². The van der Waals surface area contributed by atoms with Gasteiger partial charge in [-0.2, -0.15) is 0 Å². The summed E-state index contributed by atoms with van der Waals surface area (Å²) in [5, 5.41) is 6.27. The molecule has 6 nitrogen and oxygen atoms in total. The minimum atomic E-state index is -0.220. The largest absolute Gasteiger partial charge is 0.355 e. The molecule has 2 heterocycles. The zero-order valence-electron chi connectivity index (χ0n) is 11.2. The zero-order chi connectivity index (χ0) is 14.1. The Bertz CT molecular complexity index is 562. The number of carbonyl (C=O) groups is 2. The molecule has 0 fully saturated rings. The summed E-state index contributed by atoms with van der Waals surface area (Å²) >= 11 is 0. The topological polar surface area (TPSA) is 73.8 Å². The van der Waals surface area contributed by atoms with Crippen molar-refractivity contribution < 1.29 is 9.59 Å². The number of nitrogens with zero attached hydrogens (tertiary/aromatic N) is 2. The van der Waals surface area contributed by atoms with Crippen molar-refractivity contribution in [1.82, 2.24) is 15.5 Å². The van der Waals surface area contributed by atoms with Gasteiger partial charge in [-0.05, 0) is 19.1 Å². The summed E-state index contributed by atoms with van der Waals surface area (Å²) in [5.41, 5.74) is 0.977. The van der Waals surface area contributed by atoms with Crippen LogP contribution in [0.5, 0.6) is 0 Å². The van der Waals surface area contributed by atoms with E-state index in [4.69, 9.17) is 0 Å². The van der Waals surface area contributed by atoms with Gasteiger partial charge in [0.05, 0.1) is 17.7 Å². The number of fused-ring (bicyclic) bond motifs is 1. The maximum absolute atomic E-state index is 12.1. The second-order valence-electron chi connectivity index (χ2n) is 4.97. The molecule has 0 aromatic heterocycles. The molecule has 1 unspecified atom stereocenters. The average Bonchev–Trinajstić information content (AvgIpc) is 2.97. The Balaban J connectivity index is 1.60. The first-order chi connectivity index (χ1) is 9.66. The third-order valence-corrected chi connectivity index (χ3v) is 3.41. The molecule has 6 heteroatoms. The van der Waals surface area contributed by atoms with Crippen molar-refractivity contribution in [3.05, 3.63) is 35.4 Å². The van der Waals surface area contributed by atoms with Crippen LogP contribution >= 0.6 is 0 Å². The van der Waals surface area contributed by atoms with Gasteiger partial charge in [-0.3, -0.25) is 19.5 Å². The van der Waals surface area contributed by atoms with Crippen molar-refractivity contribution in [3.8, 4) is 0 Å². The van der Waals surface area contributed by atoms with Crippen LogP contribution in [-0.4, -0.2) is 48.3 Å². The standard InChI is InChI=1S/C14H16N4O2/c1-9-8-16-14(17-9)15-6-7-18-12(19)10-4-2-3-5-11(10)13(18)20/h2-5,9H,6-8H2,1H3,(H2,15,16,17). The fraction of sp³-hybridized carbons (Fsp3) is 0.357. The third-order valence-electron chi connectivity index (χ3n) is 3.41. The Kier molecular flexibility index (Phi) is 3.14. The number of aliphatic imine (C=N–C) groups is 1. The van der Waals surface area contributed by atoms with Crippen LogP contribution in [0, 0.1) is 0 Å². The summed E-state index contributed by atoms with van der Waals surface area (Å²) in [7, 11) is 0. The van der Waals surface area contributed by atoms with E-state index in [1.807, 2.05) is 6.92 Å². The SMILES string of the molecule is CC1CN=C(NCCN2C(=O)c3ccccc3C2=O)N1. The second kappa shape index (κ2) is 4.96. The molecule has 0 saturated carbocycles. The molecule has 1 atom stereocenters. The van der Waals surface area contributed by atoms with E-state index in [9.17, 15) is 9.59 Å². The zero-order valence-corrected chi connectivity index (χ0v) is 11.2. The minimum Gasteiger partial charge on any atom is -0.355 e. The summed E-state index contributed by atoms with van der Waals surface area (Å²) in [6.07, 6.45) is 0. The van der Waals surface area contributed by atoms with Crippen LogP contribution in [0.3, 0.4) is 0 Å². The van der Waals surface area contributed by atoms with Gasteiger partial charge >= 0.3 is 0 Å². The highest BCUT2D eigenvalue weighted by Gasteiger charge is 2.34. The first kappa shape index (κ1) is 12.7. The predicted molar refractivity (Wildman–Crippen MR) is 74.7 cm³/mol. The van der Waals surface area contributed by atoms with Crippen LogP contribution in [0.2, 0.25) is 0 Å². The van der Waals surface area contributed by atoms with E-state index in [-0.39, 0.29) is 11.8 Å². The van der Waals surface area contributed by atoms with E-state index in [0.717, 1.165) is 12.5 Å². The van der Waals surface area contributed by atoms with Crippen molar-refractivity contribution in [3.63, 3.8) is 0 Å². The Morgan fingerprint density at radius 1 is 1.30 bits per heavy atom. The Morgan fingerprint density at radius 3 is 2.50 bits per heavy atom. The molecule has 2 amide bonds. The van der Waals surface area contributed by atoms with Crippen LogP contribution in [0.25, 0.3) is 0 Å². The van der Waals surface area contributed by atoms with Crippen LogP contribution < -0.4 is 10.6 Å². The number of hydrogen-bond donors (Lipinski definition) is 2. The molecule has 2 aliphatic rings. The Hall–Kier alpha value is -2.37. The summed E-state index contributed by atoms with van der Waals surface area (Å²) in [6.45, 7) is 3.61. The summed E-state index contributed by atoms with van der Waals surface area (Å²) in [4.78, 5) is 29.8. The lowest BCUT2D eigenvalue weighted by Crippen LogP contribution is -2.42. The lowest BCUT2D eigenvalue weighted by Gasteiger charge is -2.15. The second-order valence-corrected chi connectivity index (χ2v) is 4.97. The molecule has 2 aliphatic heterocycles. The molecule has 0 aliphatic carbocycles. The molecular weight excluding hydrogens is 256 g/mol. The van der Waals surface area contributed by atoms with E-state index in [0.29, 0.717) is 30.3 Å². The smallest absolute Gasteiger partial charge is 0.261 e. The molecular formula is C14H16N4O2. The number of benzene rings is 1. The fourth-order valence-electron chi connectivity index (χ4n) is 2.39. The van der Waals surface area contributed by atoms with Gasteiger partial charge in [-0.25, -0.2) is 0 Å². The average molecular weight is 272 g/mol. The van der Waals surface area contributed by atoms with Gasteiger partial charge in [0, 0.05) is 19.1 Å². The number of rotatable bonds is 3. The predicted octanol–water partition coefficient (Wildman–Crippen LogP) is 0.220. The van der Waals surface area contributed by atoms with E-state index in [1.54, 1.807) is 24.3 Å². The van der Waals surface area contributed by atoms with Gasteiger partial charge < -0.3 is 10.6 Å². The summed E-state index contributed by atoms with van der Waals surface area (Å²) in [6, 6.07) is 7.24. The van der Waals surface area contributed by atoms with E-state index < -0.39 is 0 Å². The number of hydrogen-bond acceptors (Lipinski definition) is 5. The highest BCUT2D eigenvalue weighted by atomic mass is 16.2. The Labute approximate surface area is 116 Å². The Morgan fingerprint density at radius 2 is 1.95 bits per heavy atom. The maximum atomic E-state index is 12.1. The number of imide groups is 1. The molecule has 20 heavy (non-hydrogen) atoms. The monoisotopic (exact) mass is 272 g/mol. The number of nitrogens with one attached hydrogen (secondary N) is 2. The number of guanidine groups is 1.